The molecule has 0 spiro atoms. The van der Waals surface area contributed by atoms with Crippen molar-refractivity contribution in [2.45, 2.75) is 18.7 Å². The first-order chi connectivity index (χ1) is 9.29. The second-order valence-electron chi connectivity index (χ2n) is 4.53. The summed E-state index contributed by atoms with van der Waals surface area (Å²) in [5.74, 6) is 0. The number of sulfonamides is 1. The molecule has 106 valence electrons. The summed E-state index contributed by atoms with van der Waals surface area (Å²) in [4.78, 5) is -0.0363. The molecule has 6 heteroatoms. The Morgan fingerprint density at radius 3 is 2.20 bits per heavy atom. The smallest absolute Gasteiger partial charge is 0.263 e. The first-order valence-electron chi connectivity index (χ1n) is 5.85. The van der Waals surface area contributed by atoms with Crippen molar-refractivity contribution in [2.24, 2.45) is 0 Å². The molecule has 1 N–H and O–H groups in total. The number of nitrogens with one attached hydrogen (secondary N) is 1. The summed E-state index contributed by atoms with van der Waals surface area (Å²) in [5, 5.41) is 0.223. The molecule has 0 amide bonds. The van der Waals surface area contributed by atoms with Gasteiger partial charge in [0.05, 0.1) is 10.0 Å². The van der Waals surface area contributed by atoms with E-state index in [1.807, 2.05) is 19.9 Å². The van der Waals surface area contributed by atoms with Crippen LogP contribution in [0.4, 0.5) is 5.69 Å². The molecule has 0 fully saturated rings. The molecular formula is C14H13Cl2NO2S. The number of anilines is 1. The van der Waals surface area contributed by atoms with Gasteiger partial charge in [0, 0.05) is 5.69 Å². The van der Waals surface area contributed by atoms with Crippen LogP contribution in [0.2, 0.25) is 10.0 Å². The lowest BCUT2D eigenvalue weighted by molar-refractivity contribution is 0.601. The van der Waals surface area contributed by atoms with E-state index < -0.39 is 10.0 Å². The van der Waals surface area contributed by atoms with Gasteiger partial charge in [-0.15, -0.1) is 0 Å². The molecule has 0 saturated heterocycles. The van der Waals surface area contributed by atoms with Gasteiger partial charge in [-0.2, -0.15) is 0 Å². The van der Waals surface area contributed by atoms with Crippen molar-refractivity contribution < 1.29 is 8.42 Å². The van der Waals surface area contributed by atoms with E-state index in [-0.39, 0.29) is 14.9 Å². The van der Waals surface area contributed by atoms with E-state index in [0.29, 0.717) is 5.69 Å². The average Bonchev–Trinajstić information content (AvgIpc) is 2.30. The Morgan fingerprint density at radius 1 is 1.00 bits per heavy atom. The minimum atomic E-state index is -3.77. The molecule has 0 radical (unpaired) electrons. The summed E-state index contributed by atoms with van der Waals surface area (Å²) in [6.07, 6.45) is 0. The van der Waals surface area contributed by atoms with E-state index >= 15 is 0 Å². The zero-order valence-electron chi connectivity index (χ0n) is 10.9. The maximum atomic E-state index is 12.3. The maximum Gasteiger partial charge on any atom is 0.263 e. The first kappa shape index (κ1) is 15.2. The van der Waals surface area contributed by atoms with Gasteiger partial charge >= 0.3 is 0 Å². The van der Waals surface area contributed by atoms with E-state index in [9.17, 15) is 8.42 Å². The molecule has 0 aliphatic carbocycles. The molecule has 0 atom stereocenters. The molecule has 0 saturated carbocycles. The maximum absolute atomic E-state index is 12.3. The summed E-state index contributed by atoms with van der Waals surface area (Å²) < 4.78 is 27.2. The SMILES string of the molecule is Cc1cc(C)cc(NS(=O)(=O)c2cccc(Cl)c2Cl)c1. The number of hydrogen-bond donors (Lipinski definition) is 1. The van der Waals surface area contributed by atoms with E-state index in [1.165, 1.54) is 6.07 Å². The van der Waals surface area contributed by atoms with Crippen LogP contribution in [0.1, 0.15) is 11.1 Å². The van der Waals surface area contributed by atoms with Gasteiger partial charge < -0.3 is 0 Å². The molecule has 0 aliphatic rings. The summed E-state index contributed by atoms with van der Waals surface area (Å²) in [7, 11) is -3.77. The topological polar surface area (TPSA) is 46.2 Å². The van der Waals surface area contributed by atoms with Gasteiger partial charge in [-0.05, 0) is 49.2 Å². The van der Waals surface area contributed by atoms with Crippen molar-refractivity contribution >= 4 is 38.9 Å². The molecule has 2 aromatic carbocycles. The van der Waals surface area contributed by atoms with Gasteiger partial charge in [0.2, 0.25) is 0 Å². The predicted octanol–water partition coefficient (Wildman–Crippen LogP) is 4.41. The van der Waals surface area contributed by atoms with E-state index in [2.05, 4.69) is 4.72 Å². The zero-order valence-corrected chi connectivity index (χ0v) is 13.3. The molecule has 20 heavy (non-hydrogen) atoms. The van der Waals surface area contributed by atoms with Crippen molar-refractivity contribution in [2.75, 3.05) is 4.72 Å². The van der Waals surface area contributed by atoms with Crippen molar-refractivity contribution in [1.29, 1.82) is 0 Å². The minimum absolute atomic E-state index is 0.0195. The van der Waals surface area contributed by atoms with Crippen molar-refractivity contribution in [3.63, 3.8) is 0 Å². The van der Waals surface area contributed by atoms with Crippen molar-refractivity contribution in [3.8, 4) is 0 Å². The van der Waals surface area contributed by atoms with E-state index in [4.69, 9.17) is 23.2 Å². The first-order valence-corrected chi connectivity index (χ1v) is 8.08. The Kier molecular flexibility index (Phi) is 4.28. The van der Waals surface area contributed by atoms with Crippen LogP contribution >= 0.6 is 23.2 Å². The van der Waals surface area contributed by atoms with Gasteiger partial charge in [-0.1, -0.05) is 35.3 Å². The Bertz CT molecular complexity index is 738. The Hall–Kier alpha value is -1.23. The van der Waals surface area contributed by atoms with Crippen LogP contribution in [-0.2, 0) is 10.0 Å². The number of hydrogen-bond acceptors (Lipinski definition) is 2. The quantitative estimate of drug-likeness (QED) is 0.906. The number of benzene rings is 2. The monoisotopic (exact) mass is 329 g/mol. The molecular weight excluding hydrogens is 317 g/mol. The summed E-state index contributed by atoms with van der Waals surface area (Å²) in [5.41, 5.74) is 2.44. The van der Waals surface area contributed by atoms with Gasteiger partial charge in [-0.3, -0.25) is 4.72 Å². The second kappa shape index (κ2) is 5.64. The Labute approximate surface area is 128 Å². The average molecular weight is 330 g/mol. The summed E-state index contributed by atoms with van der Waals surface area (Å²) >= 11 is 11.8. The van der Waals surface area contributed by atoms with Crippen LogP contribution in [0.15, 0.2) is 41.3 Å². The van der Waals surface area contributed by atoms with Gasteiger partial charge in [-0.25, -0.2) is 8.42 Å². The predicted molar refractivity (Wildman–Crippen MR) is 83.2 cm³/mol. The third-order valence-corrected chi connectivity index (χ3v) is 5.03. The van der Waals surface area contributed by atoms with Crippen molar-refractivity contribution in [3.05, 3.63) is 57.6 Å². The molecule has 0 heterocycles. The molecule has 0 aliphatic heterocycles. The number of rotatable bonds is 3. The summed E-state index contributed by atoms with van der Waals surface area (Å²) in [6.45, 7) is 3.80. The van der Waals surface area contributed by atoms with Gasteiger partial charge in [0.15, 0.2) is 0 Å². The summed E-state index contributed by atoms with van der Waals surface area (Å²) in [6, 6.07) is 9.97. The highest BCUT2D eigenvalue weighted by molar-refractivity contribution is 7.92. The largest absolute Gasteiger partial charge is 0.280 e. The standard InChI is InChI=1S/C14H13Cl2NO2S/c1-9-6-10(2)8-11(7-9)17-20(18,19)13-5-3-4-12(15)14(13)16/h3-8,17H,1-2H3. The van der Waals surface area contributed by atoms with E-state index in [1.54, 1.807) is 24.3 Å². The van der Waals surface area contributed by atoms with Crippen LogP contribution < -0.4 is 4.72 Å². The fraction of sp³-hybridized carbons (Fsp3) is 0.143. The highest BCUT2D eigenvalue weighted by Gasteiger charge is 2.19. The van der Waals surface area contributed by atoms with E-state index in [0.717, 1.165) is 11.1 Å². The lowest BCUT2D eigenvalue weighted by Gasteiger charge is -2.11. The zero-order chi connectivity index (χ0) is 14.9. The Morgan fingerprint density at radius 2 is 1.60 bits per heavy atom. The Balaban J connectivity index is 2.43. The van der Waals surface area contributed by atoms with Crippen molar-refractivity contribution in [1.82, 2.24) is 0 Å². The van der Waals surface area contributed by atoms with Gasteiger partial charge in [0.25, 0.3) is 10.0 Å². The molecule has 2 aromatic rings. The third kappa shape index (κ3) is 3.26. The molecule has 0 unspecified atom stereocenters. The molecule has 2 rings (SSSR count). The molecule has 0 aromatic heterocycles. The number of halogens is 2. The third-order valence-electron chi connectivity index (χ3n) is 2.68. The fourth-order valence-electron chi connectivity index (χ4n) is 1.94. The lowest BCUT2D eigenvalue weighted by Crippen LogP contribution is -2.13. The molecule has 0 bridgehead atoms. The highest BCUT2D eigenvalue weighted by atomic mass is 35.5. The van der Waals surface area contributed by atoms with Gasteiger partial charge in [0.1, 0.15) is 4.90 Å². The normalized spacial score (nSPS) is 11.4. The van der Waals surface area contributed by atoms with Crippen LogP contribution in [0.3, 0.4) is 0 Å². The second-order valence-corrected chi connectivity index (χ2v) is 6.97. The minimum Gasteiger partial charge on any atom is -0.280 e. The molecule has 3 nitrogen and oxygen atoms in total. The van der Waals surface area contributed by atoms with Crippen LogP contribution in [0, 0.1) is 13.8 Å². The number of aryl methyl sites for hydroxylation is 2. The highest BCUT2D eigenvalue weighted by Crippen LogP contribution is 2.30. The fourth-order valence-corrected chi connectivity index (χ4v) is 3.74. The van der Waals surface area contributed by atoms with Crippen LogP contribution in [0.5, 0.6) is 0 Å². The van der Waals surface area contributed by atoms with Crippen LogP contribution in [-0.4, -0.2) is 8.42 Å². The van der Waals surface area contributed by atoms with Crippen LogP contribution in [0.25, 0.3) is 0 Å². The lowest BCUT2D eigenvalue weighted by atomic mass is 10.1.